The third-order valence-corrected chi connectivity index (χ3v) is 11.1. The first-order valence-corrected chi connectivity index (χ1v) is 18.7. The molecule has 0 radical (unpaired) electrons. The fourth-order valence-corrected chi connectivity index (χ4v) is 7.62. The lowest BCUT2D eigenvalue weighted by Gasteiger charge is -2.37. The average molecular weight is 736 g/mol. The third-order valence-electron chi connectivity index (χ3n) is 9.15. The molecule has 6 aromatic rings. The number of carbonyl (C=O) groups excluding carboxylic acids is 1. The van der Waals surface area contributed by atoms with Crippen LogP contribution in [-0.2, 0) is 40.0 Å². The van der Waals surface area contributed by atoms with Crippen LogP contribution < -0.4 is 10.1 Å². The summed E-state index contributed by atoms with van der Waals surface area (Å²) in [6, 6.07) is 37.3. The van der Waals surface area contributed by atoms with Crippen molar-refractivity contribution in [1.82, 2.24) is 19.5 Å². The maximum absolute atomic E-state index is 13.4. The summed E-state index contributed by atoms with van der Waals surface area (Å²) in [5, 5.41) is 3.79. The normalized spacial score (nSPS) is 13.0. The molecule has 0 saturated carbocycles. The number of aromatic nitrogens is 4. The van der Waals surface area contributed by atoms with E-state index in [2.05, 4.69) is 34.6 Å². The Balaban J connectivity index is 1.34. The van der Waals surface area contributed by atoms with Crippen molar-refractivity contribution in [2.24, 2.45) is 0 Å². The Hall–Kier alpha value is -5.39. The van der Waals surface area contributed by atoms with Crippen molar-refractivity contribution in [3.05, 3.63) is 150 Å². The molecule has 2 atom stereocenters. The topological polar surface area (TPSA) is 136 Å². The van der Waals surface area contributed by atoms with Crippen LogP contribution >= 0.6 is 7.60 Å². The van der Waals surface area contributed by atoms with Crippen LogP contribution in [0.4, 0.5) is 5.82 Å². The first-order valence-electron chi connectivity index (χ1n) is 17.0. The van der Waals surface area contributed by atoms with Gasteiger partial charge < -0.3 is 33.1 Å². The zero-order valence-electron chi connectivity index (χ0n) is 30.0. The van der Waals surface area contributed by atoms with Crippen LogP contribution in [0.1, 0.15) is 34.8 Å². The number of nitrogens with one attached hydrogen (secondary N) is 1. The zero-order valence-corrected chi connectivity index (χ0v) is 30.9. The quantitative estimate of drug-likeness (QED) is 0.0570. The van der Waals surface area contributed by atoms with E-state index in [1.165, 1.54) is 27.7 Å². The number of aryl methyl sites for hydroxylation is 1. The molecule has 13 heteroatoms. The molecule has 274 valence electrons. The predicted molar refractivity (Wildman–Crippen MR) is 202 cm³/mol. The molecular formula is C40H42N5O7P. The molecule has 0 fully saturated rings. The van der Waals surface area contributed by atoms with Crippen molar-refractivity contribution in [3.8, 4) is 5.75 Å². The number of anilines is 1. The van der Waals surface area contributed by atoms with Crippen molar-refractivity contribution in [1.29, 1.82) is 0 Å². The van der Waals surface area contributed by atoms with Gasteiger partial charge in [0.2, 0.25) is 0 Å². The summed E-state index contributed by atoms with van der Waals surface area (Å²) in [5.74, 6) is 0.624. The summed E-state index contributed by atoms with van der Waals surface area (Å²) in [5.41, 5.74) is 3.76. The second-order valence-electron chi connectivity index (χ2n) is 12.2. The molecule has 0 spiro atoms. The smallest absolute Gasteiger partial charge is 0.340 e. The average Bonchev–Trinajstić information content (AvgIpc) is 3.64. The number of imidazole rings is 1. The lowest BCUT2D eigenvalue weighted by molar-refractivity contribution is -0.161. The van der Waals surface area contributed by atoms with Crippen LogP contribution in [0.25, 0.3) is 11.2 Å². The highest BCUT2D eigenvalue weighted by molar-refractivity contribution is 7.53. The minimum absolute atomic E-state index is 0.163. The molecular weight excluding hydrogens is 693 g/mol. The molecule has 6 rings (SSSR count). The Bertz CT molecular complexity index is 2090. The zero-order chi connectivity index (χ0) is 37.3. The lowest BCUT2D eigenvalue weighted by Crippen LogP contribution is -2.38. The number of carbonyl (C=O) groups is 1. The van der Waals surface area contributed by atoms with Gasteiger partial charge in [-0.1, -0.05) is 103 Å². The van der Waals surface area contributed by atoms with E-state index in [9.17, 15) is 9.36 Å². The van der Waals surface area contributed by atoms with Crippen molar-refractivity contribution in [3.63, 3.8) is 0 Å². The van der Waals surface area contributed by atoms with Crippen LogP contribution in [0.15, 0.2) is 128 Å². The molecule has 53 heavy (non-hydrogen) atoms. The minimum Gasteiger partial charge on any atom is -0.497 e. The maximum atomic E-state index is 13.4. The van der Waals surface area contributed by atoms with Gasteiger partial charge >= 0.3 is 13.6 Å². The van der Waals surface area contributed by atoms with E-state index in [-0.39, 0.29) is 12.6 Å². The molecule has 0 aliphatic carbocycles. The molecule has 4 aromatic carbocycles. The van der Waals surface area contributed by atoms with Crippen LogP contribution in [0.2, 0.25) is 0 Å². The van der Waals surface area contributed by atoms with Crippen LogP contribution in [0.5, 0.6) is 5.75 Å². The maximum Gasteiger partial charge on any atom is 0.340 e. The van der Waals surface area contributed by atoms with E-state index in [0.29, 0.717) is 29.1 Å². The molecule has 2 aromatic heterocycles. The summed E-state index contributed by atoms with van der Waals surface area (Å²) < 4.78 is 42.5. The highest BCUT2D eigenvalue weighted by Crippen LogP contribution is 2.48. The summed E-state index contributed by atoms with van der Waals surface area (Å²) >= 11 is 0. The summed E-state index contributed by atoms with van der Waals surface area (Å²) in [7, 11) is 2.11. The van der Waals surface area contributed by atoms with Crippen LogP contribution in [0, 0.1) is 0 Å². The van der Waals surface area contributed by atoms with Crippen molar-refractivity contribution in [2.45, 2.75) is 30.7 Å². The Morgan fingerprint density at radius 3 is 1.92 bits per heavy atom. The fraction of sp³-hybridized carbons (Fsp3) is 0.250. The van der Waals surface area contributed by atoms with Gasteiger partial charge in [-0.15, -0.1) is 0 Å². The van der Waals surface area contributed by atoms with Gasteiger partial charge in [0.25, 0.3) is 0 Å². The summed E-state index contributed by atoms with van der Waals surface area (Å²) in [4.78, 5) is 27.5. The van der Waals surface area contributed by atoms with E-state index in [1.54, 1.807) is 25.6 Å². The number of hydrogen-bond donors (Lipinski definition) is 1. The van der Waals surface area contributed by atoms with Gasteiger partial charge in [0, 0.05) is 34.3 Å². The van der Waals surface area contributed by atoms with Crippen LogP contribution in [0.3, 0.4) is 0 Å². The van der Waals surface area contributed by atoms with Gasteiger partial charge in [-0.25, -0.2) is 19.7 Å². The number of ether oxygens (including phenoxy) is 3. The molecule has 2 heterocycles. The number of methoxy groups -OCH3 is 2. The minimum atomic E-state index is -3.57. The van der Waals surface area contributed by atoms with Gasteiger partial charge in [0.1, 0.15) is 29.2 Å². The lowest BCUT2D eigenvalue weighted by atomic mass is 9.77. The Morgan fingerprint density at radius 1 is 0.774 bits per heavy atom. The van der Waals surface area contributed by atoms with Crippen molar-refractivity contribution >= 4 is 30.5 Å². The number of benzene rings is 4. The van der Waals surface area contributed by atoms with E-state index >= 15 is 0 Å². The Labute approximate surface area is 308 Å². The predicted octanol–water partition coefficient (Wildman–Crippen LogP) is 7.41. The fourth-order valence-electron chi connectivity index (χ4n) is 6.41. The van der Waals surface area contributed by atoms with E-state index < -0.39 is 31.3 Å². The number of esters is 1. The number of nitrogens with zero attached hydrogens (tertiary/aromatic N) is 4. The Morgan fingerprint density at radius 2 is 1.36 bits per heavy atom. The largest absolute Gasteiger partial charge is 0.497 e. The first-order chi connectivity index (χ1) is 25.8. The summed E-state index contributed by atoms with van der Waals surface area (Å²) in [6.07, 6.45) is 1.41. The van der Waals surface area contributed by atoms with E-state index in [1.807, 2.05) is 83.4 Å². The number of fused-ring (bicyclic) bond motifs is 1. The van der Waals surface area contributed by atoms with Gasteiger partial charge in [-0.05, 0) is 34.4 Å². The van der Waals surface area contributed by atoms with Gasteiger partial charge in [0.15, 0.2) is 17.6 Å². The standard InChI is InChI=1S/C40H42N5O7P/c1-48-33-22-20-32(21-23-33)40(30-16-10-6-11-17-30,31-18-12-7-13-19-31)44-37-35-38(42-27-41-37)45(28-43-35)25-24-34(26-53(47,50-3)51-4)52-39(46)36(49-2)29-14-8-5-9-15-29/h5-23,27-28,34,36H,24-26H2,1-4H3,(H,41,42,44)/t34-,36+/m1/s1. The SMILES string of the molecule is COc1ccc(C(Nc2ncnc3c2ncn3CC[C@H](CP(=O)(OC)OC)OC(=O)[C@@H](OC)c2ccccc2)(c2ccccc2)c2ccccc2)cc1. The molecule has 0 amide bonds. The molecule has 0 unspecified atom stereocenters. The highest BCUT2D eigenvalue weighted by Gasteiger charge is 2.38. The Kier molecular flexibility index (Phi) is 12.0. The second kappa shape index (κ2) is 17.0. The van der Waals surface area contributed by atoms with E-state index in [0.717, 1.165) is 22.4 Å². The van der Waals surface area contributed by atoms with Crippen molar-refractivity contribution < 1.29 is 32.6 Å². The van der Waals surface area contributed by atoms with Gasteiger partial charge in [0.05, 0.1) is 19.6 Å². The molecule has 1 N–H and O–H groups in total. The molecule has 0 saturated heterocycles. The summed E-state index contributed by atoms with van der Waals surface area (Å²) in [6.45, 7) is 0.308. The second-order valence-corrected chi connectivity index (χ2v) is 14.5. The third kappa shape index (κ3) is 8.16. The van der Waals surface area contributed by atoms with Gasteiger partial charge in [-0.2, -0.15) is 0 Å². The molecule has 0 bridgehead atoms. The van der Waals surface area contributed by atoms with Gasteiger partial charge in [-0.3, -0.25) is 4.57 Å². The first kappa shape index (κ1) is 37.4. The monoisotopic (exact) mass is 735 g/mol. The number of rotatable bonds is 17. The van der Waals surface area contributed by atoms with E-state index in [4.69, 9.17) is 33.2 Å². The molecule has 0 aliphatic rings. The highest BCUT2D eigenvalue weighted by atomic mass is 31.2. The molecule has 0 aliphatic heterocycles. The van der Waals surface area contributed by atoms with Crippen LogP contribution in [-0.4, -0.2) is 66.2 Å². The molecule has 12 nitrogen and oxygen atoms in total. The number of hydrogen-bond acceptors (Lipinski definition) is 11. The van der Waals surface area contributed by atoms with Crippen molar-refractivity contribution in [2.75, 3.05) is 39.9 Å².